The molecule has 2 heterocycles. The van der Waals surface area contributed by atoms with Gasteiger partial charge in [0.25, 0.3) is 5.91 Å². The smallest absolute Gasteiger partial charge is 0.253 e. The molecular weight excluding hydrogens is 401 g/mol. The topological polar surface area (TPSA) is 49.6 Å². The molecule has 0 bridgehead atoms. The van der Waals surface area contributed by atoms with Crippen molar-refractivity contribution in [2.45, 2.75) is 42.1 Å². The van der Waals surface area contributed by atoms with Gasteiger partial charge in [-0.2, -0.15) is 0 Å². The first-order chi connectivity index (χ1) is 11.1. The van der Waals surface area contributed by atoms with E-state index < -0.39 is 0 Å². The van der Waals surface area contributed by atoms with Crippen LogP contribution in [0.3, 0.4) is 0 Å². The maximum Gasteiger partial charge on any atom is 0.253 e. The Balaban J connectivity index is 1.67. The Morgan fingerprint density at radius 1 is 1.04 bits per heavy atom. The van der Waals surface area contributed by atoms with Gasteiger partial charge in [0.05, 0.1) is 0 Å². The first-order valence-corrected chi connectivity index (χ1v) is 9.92. The number of benzene rings is 1. The predicted octanol–water partition coefficient (Wildman–Crippen LogP) is 3.04. The van der Waals surface area contributed by atoms with E-state index in [0.717, 1.165) is 51.0 Å². The van der Waals surface area contributed by atoms with Gasteiger partial charge in [0.2, 0.25) is 0 Å². The SMILES string of the molecule is N[C@H]1C[C@@H](I)CN(c2ccc(C(=O)N3CCCCCC3)cc2)C1. The molecule has 2 N–H and O–H groups in total. The van der Waals surface area contributed by atoms with Gasteiger partial charge in [0.15, 0.2) is 0 Å². The standard InChI is InChI=1S/C18H26IN3O/c19-15-11-16(20)13-22(12-15)17-7-5-14(6-8-17)18(23)21-9-3-1-2-4-10-21/h5-8,15-16H,1-4,9-13,20H2/t15-,16+/m1/s1. The molecule has 0 unspecified atom stereocenters. The van der Waals surface area contributed by atoms with Gasteiger partial charge in [-0.1, -0.05) is 35.4 Å². The summed E-state index contributed by atoms with van der Waals surface area (Å²) in [6, 6.07) is 8.35. The number of likely N-dealkylation sites (tertiary alicyclic amines) is 1. The molecule has 1 amide bonds. The first kappa shape index (κ1) is 17.0. The summed E-state index contributed by atoms with van der Waals surface area (Å²) in [5, 5.41) is 0. The molecule has 126 valence electrons. The highest BCUT2D eigenvalue weighted by Crippen LogP contribution is 2.24. The third-order valence-corrected chi connectivity index (χ3v) is 5.71. The maximum atomic E-state index is 12.6. The van der Waals surface area contributed by atoms with Crippen molar-refractivity contribution in [2.75, 3.05) is 31.1 Å². The van der Waals surface area contributed by atoms with Gasteiger partial charge in [-0.25, -0.2) is 0 Å². The second-order valence-electron chi connectivity index (χ2n) is 6.75. The highest BCUT2D eigenvalue weighted by molar-refractivity contribution is 14.1. The summed E-state index contributed by atoms with van der Waals surface area (Å²) in [4.78, 5) is 17.0. The van der Waals surface area contributed by atoms with E-state index >= 15 is 0 Å². The van der Waals surface area contributed by atoms with Gasteiger partial charge >= 0.3 is 0 Å². The lowest BCUT2D eigenvalue weighted by Crippen LogP contribution is -2.47. The molecule has 0 aromatic heterocycles. The van der Waals surface area contributed by atoms with Crippen molar-refractivity contribution in [3.05, 3.63) is 29.8 Å². The van der Waals surface area contributed by atoms with Crippen LogP contribution in [0.15, 0.2) is 24.3 Å². The number of carbonyl (C=O) groups excluding carboxylic acids is 1. The number of nitrogens with zero attached hydrogens (tertiary/aromatic N) is 2. The number of hydrogen-bond acceptors (Lipinski definition) is 3. The fourth-order valence-corrected chi connectivity index (χ4v) is 4.68. The minimum absolute atomic E-state index is 0.181. The number of piperidine rings is 1. The molecule has 2 atom stereocenters. The molecular formula is C18H26IN3O. The molecule has 0 aliphatic carbocycles. The highest BCUT2D eigenvalue weighted by atomic mass is 127. The van der Waals surface area contributed by atoms with Crippen LogP contribution in [0.1, 0.15) is 42.5 Å². The average Bonchev–Trinajstić information content (AvgIpc) is 2.83. The monoisotopic (exact) mass is 427 g/mol. The van der Waals surface area contributed by atoms with E-state index in [1.807, 2.05) is 17.0 Å². The normalized spacial score (nSPS) is 26.0. The molecule has 2 saturated heterocycles. The molecule has 2 fully saturated rings. The fraction of sp³-hybridized carbons (Fsp3) is 0.611. The van der Waals surface area contributed by atoms with Crippen molar-refractivity contribution in [1.82, 2.24) is 4.90 Å². The highest BCUT2D eigenvalue weighted by Gasteiger charge is 2.24. The van der Waals surface area contributed by atoms with E-state index in [1.165, 1.54) is 18.5 Å². The predicted molar refractivity (Wildman–Crippen MR) is 103 cm³/mol. The molecule has 1 aromatic rings. The van der Waals surface area contributed by atoms with Crippen LogP contribution in [0.4, 0.5) is 5.69 Å². The summed E-state index contributed by atoms with van der Waals surface area (Å²) in [5.41, 5.74) is 8.12. The van der Waals surface area contributed by atoms with Crippen LogP contribution in [0.25, 0.3) is 0 Å². The van der Waals surface area contributed by atoms with Crippen LogP contribution in [0.2, 0.25) is 0 Å². The van der Waals surface area contributed by atoms with E-state index in [4.69, 9.17) is 5.73 Å². The summed E-state index contributed by atoms with van der Waals surface area (Å²) in [6.07, 6.45) is 5.84. The Bertz CT molecular complexity index is 516. The summed E-state index contributed by atoms with van der Waals surface area (Å²) in [7, 11) is 0. The van der Waals surface area contributed by atoms with Gasteiger partial charge < -0.3 is 15.5 Å². The van der Waals surface area contributed by atoms with Crippen molar-refractivity contribution >= 4 is 34.2 Å². The third kappa shape index (κ3) is 4.38. The van der Waals surface area contributed by atoms with E-state index in [9.17, 15) is 4.79 Å². The summed E-state index contributed by atoms with van der Waals surface area (Å²) >= 11 is 2.48. The van der Waals surface area contributed by atoms with Crippen molar-refractivity contribution in [3.8, 4) is 0 Å². The number of nitrogens with two attached hydrogens (primary N) is 1. The van der Waals surface area contributed by atoms with Crippen LogP contribution in [-0.2, 0) is 0 Å². The lowest BCUT2D eigenvalue weighted by atomic mass is 10.1. The minimum Gasteiger partial charge on any atom is -0.369 e. The number of rotatable bonds is 2. The fourth-order valence-electron chi connectivity index (χ4n) is 3.56. The van der Waals surface area contributed by atoms with Gasteiger partial charge in [0.1, 0.15) is 0 Å². The molecule has 0 saturated carbocycles. The Kier molecular flexibility index (Phi) is 5.80. The number of amides is 1. The molecule has 2 aliphatic heterocycles. The zero-order chi connectivity index (χ0) is 16.2. The lowest BCUT2D eigenvalue weighted by molar-refractivity contribution is 0.0761. The number of alkyl halides is 1. The minimum atomic E-state index is 0.181. The molecule has 2 aliphatic rings. The Hall–Kier alpha value is -0.820. The van der Waals surface area contributed by atoms with Crippen LogP contribution >= 0.6 is 22.6 Å². The zero-order valence-electron chi connectivity index (χ0n) is 13.6. The van der Waals surface area contributed by atoms with Crippen LogP contribution in [0, 0.1) is 0 Å². The van der Waals surface area contributed by atoms with E-state index in [0.29, 0.717) is 3.92 Å². The van der Waals surface area contributed by atoms with Gasteiger partial charge in [-0.3, -0.25) is 4.79 Å². The quantitative estimate of drug-likeness (QED) is 0.583. The molecule has 4 nitrogen and oxygen atoms in total. The maximum absolute atomic E-state index is 12.6. The molecule has 0 radical (unpaired) electrons. The van der Waals surface area contributed by atoms with E-state index in [2.05, 4.69) is 39.6 Å². The average molecular weight is 427 g/mol. The van der Waals surface area contributed by atoms with Crippen LogP contribution < -0.4 is 10.6 Å². The van der Waals surface area contributed by atoms with E-state index in [-0.39, 0.29) is 11.9 Å². The van der Waals surface area contributed by atoms with Crippen molar-refractivity contribution in [1.29, 1.82) is 0 Å². The second kappa shape index (κ2) is 7.83. The lowest BCUT2D eigenvalue weighted by Gasteiger charge is -2.35. The summed E-state index contributed by atoms with van der Waals surface area (Å²) < 4.78 is 0.592. The zero-order valence-corrected chi connectivity index (χ0v) is 15.7. The largest absolute Gasteiger partial charge is 0.369 e. The summed E-state index contributed by atoms with van der Waals surface area (Å²) in [6.45, 7) is 3.74. The molecule has 5 heteroatoms. The van der Waals surface area contributed by atoms with Gasteiger partial charge in [-0.15, -0.1) is 0 Å². The van der Waals surface area contributed by atoms with Gasteiger partial charge in [0, 0.05) is 47.4 Å². The van der Waals surface area contributed by atoms with Crippen LogP contribution in [0.5, 0.6) is 0 Å². The van der Waals surface area contributed by atoms with Crippen molar-refractivity contribution in [3.63, 3.8) is 0 Å². The molecule has 23 heavy (non-hydrogen) atoms. The van der Waals surface area contributed by atoms with Crippen molar-refractivity contribution < 1.29 is 4.79 Å². The number of anilines is 1. The van der Waals surface area contributed by atoms with Gasteiger partial charge in [-0.05, 0) is 43.5 Å². The number of halogens is 1. The summed E-state index contributed by atoms with van der Waals surface area (Å²) in [5.74, 6) is 0.181. The molecule has 0 spiro atoms. The van der Waals surface area contributed by atoms with E-state index in [1.54, 1.807) is 0 Å². The number of carbonyl (C=O) groups is 1. The first-order valence-electron chi connectivity index (χ1n) is 8.67. The molecule has 1 aromatic carbocycles. The Labute approximate surface area is 152 Å². The van der Waals surface area contributed by atoms with Crippen molar-refractivity contribution in [2.24, 2.45) is 5.73 Å². The number of hydrogen-bond donors (Lipinski definition) is 1. The second-order valence-corrected chi connectivity index (χ2v) is 8.51. The molecule has 3 rings (SSSR count). The Morgan fingerprint density at radius 2 is 1.70 bits per heavy atom. The third-order valence-electron chi connectivity index (χ3n) is 4.80. The van der Waals surface area contributed by atoms with Crippen LogP contribution in [-0.4, -0.2) is 47.0 Å². The Morgan fingerprint density at radius 3 is 2.30 bits per heavy atom.